The highest BCUT2D eigenvalue weighted by Crippen LogP contribution is 2.14. The lowest BCUT2D eigenvalue weighted by Gasteiger charge is -2.17. The van der Waals surface area contributed by atoms with Crippen LogP contribution in [0.1, 0.15) is 41.9 Å². The fourth-order valence-corrected chi connectivity index (χ4v) is 2.40. The van der Waals surface area contributed by atoms with Crippen LogP contribution in [0.3, 0.4) is 0 Å². The van der Waals surface area contributed by atoms with E-state index in [-0.39, 0.29) is 12.3 Å². The topological polar surface area (TPSA) is 121 Å². The summed E-state index contributed by atoms with van der Waals surface area (Å²) in [7, 11) is 0. The number of hydrogen-bond acceptors (Lipinski definition) is 4. The van der Waals surface area contributed by atoms with E-state index in [9.17, 15) is 14.7 Å². The van der Waals surface area contributed by atoms with E-state index in [1.807, 2.05) is 6.07 Å². The third-order valence-corrected chi connectivity index (χ3v) is 3.84. The van der Waals surface area contributed by atoms with Crippen LogP contribution in [0.2, 0.25) is 0 Å². The summed E-state index contributed by atoms with van der Waals surface area (Å²) in [5, 5.41) is 12.5. The summed E-state index contributed by atoms with van der Waals surface area (Å²) >= 11 is 0. The molecule has 2 rings (SSSR count). The monoisotopic (exact) mass is 344 g/mol. The van der Waals surface area contributed by atoms with Gasteiger partial charge in [-0.1, -0.05) is 12.1 Å². The Morgan fingerprint density at radius 3 is 2.76 bits per heavy atom. The lowest BCUT2D eigenvalue weighted by molar-refractivity contribution is -0.119. The van der Waals surface area contributed by atoms with Crippen molar-refractivity contribution in [1.82, 2.24) is 15.3 Å². The van der Waals surface area contributed by atoms with Gasteiger partial charge in [-0.25, -0.2) is 4.98 Å². The highest BCUT2D eigenvalue weighted by atomic mass is 16.3. The highest BCUT2D eigenvalue weighted by Gasteiger charge is 2.20. The Balaban J connectivity index is 2.04. The molecule has 0 unspecified atom stereocenters. The average molecular weight is 344 g/mol. The van der Waals surface area contributed by atoms with E-state index in [1.54, 1.807) is 38.2 Å². The number of amides is 2. The third kappa shape index (κ3) is 6.04. The Hall–Kier alpha value is -2.67. The quantitative estimate of drug-likeness (QED) is 0.569. The Morgan fingerprint density at radius 1 is 1.40 bits per heavy atom. The maximum atomic E-state index is 12.4. The van der Waals surface area contributed by atoms with Gasteiger partial charge in [0.25, 0.3) is 5.91 Å². The standard InChI is InChI=1S/C18H24N4O3/c1-18(2,25)7-6-12-4-3-5-13(8-12)17(24)22-15(16(19)23)9-14-10-20-11-21-14/h3-5,8,10-11,15,25H,6-7,9H2,1-2H3,(H2,19,23)(H,20,21)(H,22,24)/t15-/m0/s1. The van der Waals surface area contributed by atoms with E-state index < -0.39 is 17.6 Å². The zero-order valence-corrected chi connectivity index (χ0v) is 14.5. The molecule has 1 aromatic heterocycles. The van der Waals surface area contributed by atoms with Gasteiger partial charge in [-0.3, -0.25) is 9.59 Å². The molecule has 0 aliphatic heterocycles. The van der Waals surface area contributed by atoms with Gasteiger partial charge >= 0.3 is 0 Å². The molecule has 5 N–H and O–H groups in total. The summed E-state index contributed by atoms with van der Waals surface area (Å²) < 4.78 is 0. The molecule has 134 valence electrons. The Labute approximate surface area is 146 Å². The molecule has 0 spiro atoms. The van der Waals surface area contributed by atoms with Gasteiger partial charge in [0, 0.05) is 23.9 Å². The number of aryl methyl sites for hydroxylation is 1. The zero-order chi connectivity index (χ0) is 18.4. The predicted molar refractivity (Wildman–Crippen MR) is 93.8 cm³/mol. The number of imidazole rings is 1. The number of nitrogens with zero attached hydrogens (tertiary/aromatic N) is 1. The van der Waals surface area contributed by atoms with E-state index in [1.165, 1.54) is 6.33 Å². The molecule has 0 aliphatic carbocycles. The number of hydrogen-bond donors (Lipinski definition) is 4. The van der Waals surface area contributed by atoms with Crippen LogP contribution in [0.5, 0.6) is 0 Å². The highest BCUT2D eigenvalue weighted by molar-refractivity contribution is 5.97. The molecule has 25 heavy (non-hydrogen) atoms. The molecule has 1 atom stereocenters. The molecule has 7 nitrogen and oxygen atoms in total. The Morgan fingerprint density at radius 2 is 2.16 bits per heavy atom. The summed E-state index contributed by atoms with van der Waals surface area (Å²) in [6.07, 6.45) is 4.57. The Bertz CT molecular complexity index is 720. The van der Waals surface area contributed by atoms with Gasteiger partial charge in [0.2, 0.25) is 5.91 Å². The second kappa shape index (κ2) is 7.94. The normalized spacial score (nSPS) is 12.6. The first-order valence-electron chi connectivity index (χ1n) is 8.13. The minimum atomic E-state index is -0.826. The minimum absolute atomic E-state index is 0.249. The summed E-state index contributed by atoms with van der Waals surface area (Å²) in [6.45, 7) is 3.49. The first kappa shape index (κ1) is 18.7. The molecule has 0 bridgehead atoms. The van der Waals surface area contributed by atoms with Gasteiger partial charge in [0.1, 0.15) is 6.04 Å². The lowest BCUT2D eigenvalue weighted by Crippen LogP contribution is -2.45. The largest absolute Gasteiger partial charge is 0.390 e. The van der Waals surface area contributed by atoms with Gasteiger partial charge in [0.05, 0.1) is 11.9 Å². The predicted octanol–water partition coefficient (Wildman–Crippen LogP) is 0.940. The molecule has 0 fully saturated rings. The lowest BCUT2D eigenvalue weighted by atomic mass is 9.97. The molecule has 0 aliphatic rings. The molecule has 0 saturated heterocycles. The van der Waals surface area contributed by atoms with Gasteiger partial charge < -0.3 is 21.1 Å². The molecule has 0 saturated carbocycles. The number of aromatic nitrogens is 2. The number of nitrogens with one attached hydrogen (secondary N) is 2. The number of benzene rings is 1. The number of aliphatic hydroxyl groups is 1. The summed E-state index contributed by atoms with van der Waals surface area (Å²) in [5.41, 5.74) is 6.73. The smallest absolute Gasteiger partial charge is 0.251 e. The van der Waals surface area contributed by atoms with Crippen molar-refractivity contribution in [2.24, 2.45) is 5.73 Å². The van der Waals surface area contributed by atoms with Crippen molar-refractivity contribution in [2.75, 3.05) is 0 Å². The zero-order valence-electron chi connectivity index (χ0n) is 14.5. The maximum absolute atomic E-state index is 12.4. The van der Waals surface area contributed by atoms with E-state index in [2.05, 4.69) is 15.3 Å². The molecule has 7 heteroatoms. The number of primary amides is 1. The third-order valence-electron chi connectivity index (χ3n) is 3.84. The van der Waals surface area contributed by atoms with Gasteiger partial charge in [-0.15, -0.1) is 0 Å². The van der Waals surface area contributed by atoms with E-state index in [0.29, 0.717) is 24.1 Å². The van der Waals surface area contributed by atoms with Crippen LogP contribution < -0.4 is 11.1 Å². The van der Waals surface area contributed by atoms with Crippen LogP contribution in [-0.2, 0) is 17.6 Å². The number of nitrogens with two attached hydrogens (primary N) is 1. The summed E-state index contributed by atoms with van der Waals surface area (Å²) in [5.74, 6) is -0.977. The number of aromatic amines is 1. The number of H-pyrrole nitrogens is 1. The second-order valence-corrected chi connectivity index (χ2v) is 6.72. The van der Waals surface area contributed by atoms with E-state index >= 15 is 0 Å². The van der Waals surface area contributed by atoms with Crippen LogP contribution in [-0.4, -0.2) is 38.5 Å². The molecule has 1 aromatic carbocycles. The average Bonchev–Trinajstić information content (AvgIpc) is 3.05. The number of carbonyl (C=O) groups is 2. The Kier molecular flexibility index (Phi) is 5.93. The molecular formula is C18H24N4O3. The van der Waals surface area contributed by atoms with Crippen molar-refractivity contribution >= 4 is 11.8 Å². The minimum Gasteiger partial charge on any atom is -0.390 e. The molecule has 2 aromatic rings. The van der Waals surface area contributed by atoms with Crippen LogP contribution in [0, 0.1) is 0 Å². The van der Waals surface area contributed by atoms with E-state index in [4.69, 9.17) is 5.73 Å². The maximum Gasteiger partial charge on any atom is 0.251 e. The molecular weight excluding hydrogens is 320 g/mol. The van der Waals surface area contributed by atoms with Gasteiger partial charge in [0.15, 0.2) is 0 Å². The first-order chi connectivity index (χ1) is 11.7. The molecule has 0 radical (unpaired) electrons. The van der Waals surface area contributed by atoms with Crippen molar-refractivity contribution < 1.29 is 14.7 Å². The van der Waals surface area contributed by atoms with Crippen LogP contribution >= 0.6 is 0 Å². The van der Waals surface area contributed by atoms with Crippen LogP contribution in [0.4, 0.5) is 0 Å². The number of carbonyl (C=O) groups excluding carboxylic acids is 2. The van der Waals surface area contributed by atoms with Crippen molar-refractivity contribution in [1.29, 1.82) is 0 Å². The number of rotatable bonds is 8. The van der Waals surface area contributed by atoms with E-state index in [0.717, 1.165) is 5.56 Å². The fourth-order valence-electron chi connectivity index (χ4n) is 2.40. The van der Waals surface area contributed by atoms with Gasteiger partial charge in [-0.2, -0.15) is 0 Å². The molecule has 1 heterocycles. The first-order valence-corrected chi connectivity index (χ1v) is 8.13. The summed E-state index contributed by atoms with van der Waals surface area (Å²) in [4.78, 5) is 30.8. The van der Waals surface area contributed by atoms with Crippen LogP contribution in [0.25, 0.3) is 0 Å². The van der Waals surface area contributed by atoms with Crippen molar-refractivity contribution in [2.45, 2.75) is 44.8 Å². The van der Waals surface area contributed by atoms with Gasteiger partial charge in [-0.05, 0) is 44.4 Å². The van der Waals surface area contributed by atoms with Crippen LogP contribution in [0.15, 0.2) is 36.8 Å². The summed E-state index contributed by atoms with van der Waals surface area (Å²) in [6, 6.07) is 6.29. The van der Waals surface area contributed by atoms with Crippen molar-refractivity contribution in [3.8, 4) is 0 Å². The van der Waals surface area contributed by atoms with Crippen molar-refractivity contribution in [3.63, 3.8) is 0 Å². The molecule has 2 amide bonds. The SMILES string of the molecule is CC(C)(O)CCc1cccc(C(=O)N[C@@H](Cc2cnc[nH]2)C(N)=O)c1. The fraction of sp³-hybridized carbons (Fsp3) is 0.389. The second-order valence-electron chi connectivity index (χ2n) is 6.72. The van der Waals surface area contributed by atoms with Crippen molar-refractivity contribution in [3.05, 3.63) is 53.6 Å².